The van der Waals surface area contributed by atoms with Gasteiger partial charge in [0.1, 0.15) is 0 Å². The van der Waals surface area contributed by atoms with Gasteiger partial charge in [-0.3, -0.25) is 0 Å². The van der Waals surface area contributed by atoms with Gasteiger partial charge in [-0.05, 0) is 31.7 Å². The van der Waals surface area contributed by atoms with Crippen LogP contribution in [0.5, 0.6) is 0 Å². The molecule has 1 N–H and O–H groups in total. The maximum atomic E-state index is 12.1. The third-order valence-electron chi connectivity index (χ3n) is 3.81. The highest BCUT2D eigenvalue weighted by Gasteiger charge is 2.39. The first-order valence-electron chi connectivity index (χ1n) is 7.28. The Balaban J connectivity index is 1.83. The van der Waals surface area contributed by atoms with Gasteiger partial charge in [-0.25, -0.2) is 9.80 Å². The third kappa shape index (κ3) is 3.47. The maximum absolute atomic E-state index is 12.1. The zero-order chi connectivity index (χ0) is 14.8. The Bertz CT molecular complexity index is 553. The molecule has 5 heteroatoms. The molecule has 4 nitrogen and oxygen atoms in total. The standard InChI is InChI=1S/C16H19BrN2O2/c1-21-16(20)14(13-4-2-3-5-15(13)17)10-18-19(11-6-7-11)12-8-9-12/h2-5,10-12,18H,6-9H2,1H3. The zero-order valence-corrected chi connectivity index (χ0v) is 13.6. The second-order valence-electron chi connectivity index (χ2n) is 5.53. The summed E-state index contributed by atoms with van der Waals surface area (Å²) in [4.78, 5) is 12.1. The predicted molar refractivity (Wildman–Crippen MR) is 85.2 cm³/mol. The molecule has 2 aliphatic rings. The summed E-state index contributed by atoms with van der Waals surface area (Å²) < 4.78 is 5.80. The van der Waals surface area contributed by atoms with Crippen LogP contribution in [-0.4, -0.2) is 30.2 Å². The lowest BCUT2D eigenvalue weighted by Gasteiger charge is -2.22. The van der Waals surface area contributed by atoms with E-state index < -0.39 is 0 Å². The zero-order valence-electron chi connectivity index (χ0n) is 12.0. The summed E-state index contributed by atoms with van der Waals surface area (Å²) in [5.74, 6) is -0.332. The summed E-state index contributed by atoms with van der Waals surface area (Å²) in [6, 6.07) is 8.91. The Morgan fingerprint density at radius 3 is 2.43 bits per heavy atom. The molecule has 0 amide bonds. The van der Waals surface area contributed by atoms with E-state index in [2.05, 4.69) is 26.4 Å². The summed E-state index contributed by atoms with van der Waals surface area (Å²) in [5, 5.41) is 2.29. The average Bonchev–Trinajstić information content (AvgIpc) is 3.37. The number of methoxy groups -OCH3 is 1. The second-order valence-corrected chi connectivity index (χ2v) is 6.38. The minimum Gasteiger partial charge on any atom is -0.465 e. The minimum absolute atomic E-state index is 0.332. The van der Waals surface area contributed by atoms with Crippen molar-refractivity contribution < 1.29 is 9.53 Å². The minimum atomic E-state index is -0.332. The molecule has 0 atom stereocenters. The van der Waals surface area contributed by atoms with E-state index in [1.165, 1.54) is 32.8 Å². The van der Waals surface area contributed by atoms with Gasteiger partial charge in [-0.1, -0.05) is 34.1 Å². The van der Waals surface area contributed by atoms with Crippen LogP contribution in [0, 0.1) is 0 Å². The monoisotopic (exact) mass is 350 g/mol. The van der Waals surface area contributed by atoms with Crippen LogP contribution >= 0.6 is 15.9 Å². The Morgan fingerprint density at radius 2 is 1.90 bits per heavy atom. The molecule has 2 aliphatic carbocycles. The molecule has 0 aliphatic heterocycles. The fourth-order valence-corrected chi connectivity index (χ4v) is 2.89. The Morgan fingerprint density at radius 1 is 1.29 bits per heavy atom. The van der Waals surface area contributed by atoms with Gasteiger partial charge in [0.05, 0.1) is 12.7 Å². The lowest BCUT2D eigenvalue weighted by atomic mass is 10.1. The molecule has 0 heterocycles. The smallest absolute Gasteiger partial charge is 0.340 e. The Labute approximate surface area is 133 Å². The number of esters is 1. The van der Waals surface area contributed by atoms with E-state index in [1.807, 2.05) is 24.3 Å². The van der Waals surface area contributed by atoms with E-state index in [-0.39, 0.29) is 5.97 Å². The van der Waals surface area contributed by atoms with Crippen LogP contribution in [0.4, 0.5) is 0 Å². The number of benzene rings is 1. The van der Waals surface area contributed by atoms with Crippen LogP contribution in [0.3, 0.4) is 0 Å². The molecule has 2 fully saturated rings. The highest BCUT2D eigenvalue weighted by atomic mass is 79.9. The number of hydrogen-bond donors (Lipinski definition) is 1. The molecule has 1 aromatic rings. The summed E-state index contributed by atoms with van der Waals surface area (Å²) >= 11 is 3.49. The van der Waals surface area contributed by atoms with Crippen molar-refractivity contribution in [3.8, 4) is 0 Å². The number of hydrogen-bond acceptors (Lipinski definition) is 4. The van der Waals surface area contributed by atoms with Crippen molar-refractivity contribution >= 4 is 27.5 Å². The van der Waals surface area contributed by atoms with Crippen LogP contribution < -0.4 is 5.43 Å². The summed E-state index contributed by atoms with van der Waals surface area (Å²) in [6.07, 6.45) is 6.72. The van der Waals surface area contributed by atoms with Gasteiger partial charge in [0.25, 0.3) is 0 Å². The van der Waals surface area contributed by atoms with Crippen molar-refractivity contribution in [1.29, 1.82) is 0 Å². The molecule has 0 unspecified atom stereocenters. The lowest BCUT2D eigenvalue weighted by molar-refractivity contribution is -0.133. The number of carbonyl (C=O) groups is 1. The van der Waals surface area contributed by atoms with Gasteiger partial charge in [0.15, 0.2) is 0 Å². The molecule has 0 aromatic heterocycles. The number of halogens is 1. The van der Waals surface area contributed by atoms with Crippen LogP contribution in [-0.2, 0) is 9.53 Å². The largest absolute Gasteiger partial charge is 0.465 e. The SMILES string of the molecule is COC(=O)C(=CNN(C1CC1)C1CC1)c1ccccc1Br. The van der Waals surface area contributed by atoms with Gasteiger partial charge in [-0.15, -0.1) is 0 Å². The van der Waals surface area contributed by atoms with E-state index >= 15 is 0 Å². The average molecular weight is 351 g/mol. The molecule has 0 bridgehead atoms. The first-order chi connectivity index (χ1) is 10.2. The first kappa shape index (κ1) is 14.6. The Kier molecular flexibility index (Phi) is 4.31. The molecule has 112 valence electrons. The van der Waals surface area contributed by atoms with Gasteiger partial charge < -0.3 is 10.2 Å². The van der Waals surface area contributed by atoms with Crippen LogP contribution in [0.1, 0.15) is 31.2 Å². The number of hydrazine groups is 1. The fraction of sp³-hybridized carbons (Fsp3) is 0.438. The van der Waals surface area contributed by atoms with Crippen molar-refractivity contribution in [3.63, 3.8) is 0 Å². The molecule has 21 heavy (non-hydrogen) atoms. The summed E-state index contributed by atoms with van der Waals surface area (Å²) in [5.41, 5.74) is 4.71. The van der Waals surface area contributed by atoms with Crippen LogP contribution in [0.2, 0.25) is 0 Å². The first-order valence-corrected chi connectivity index (χ1v) is 8.08. The van der Waals surface area contributed by atoms with E-state index in [0.717, 1.165) is 10.0 Å². The highest BCUT2D eigenvalue weighted by molar-refractivity contribution is 9.10. The molecule has 2 saturated carbocycles. The molecule has 0 spiro atoms. The topological polar surface area (TPSA) is 41.6 Å². The van der Waals surface area contributed by atoms with E-state index in [4.69, 9.17) is 4.74 Å². The fourth-order valence-electron chi connectivity index (χ4n) is 2.39. The molecular weight excluding hydrogens is 332 g/mol. The Hall–Kier alpha value is -1.33. The van der Waals surface area contributed by atoms with Crippen LogP contribution in [0.25, 0.3) is 5.57 Å². The normalized spacial score (nSPS) is 18.7. The van der Waals surface area contributed by atoms with E-state index in [9.17, 15) is 4.79 Å². The van der Waals surface area contributed by atoms with Gasteiger partial charge in [-0.2, -0.15) is 0 Å². The van der Waals surface area contributed by atoms with Crippen molar-refractivity contribution in [2.45, 2.75) is 37.8 Å². The molecule has 0 saturated heterocycles. The number of nitrogens with one attached hydrogen (secondary N) is 1. The van der Waals surface area contributed by atoms with Crippen molar-refractivity contribution in [2.24, 2.45) is 0 Å². The maximum Gasteiger partial charge on any atom is 0.340 e. The summed E-state index contributed by atoms with van der Waals surface area (Å²) in [7, 11) is 1.41. The van der Waals surface area contributed by atoms with Gasteiger partial charge in [0.2, 0.25) is 0 Å². The van der Waals surface area contributed by atoms with E-state index in [0.29, 0.717) is 17.7 Å². The number of carbonyl (C=O) groups excluding carboxylic acids is 1. The van der Waals surface area contributed by atoms with Crippen molar-refractivity contribution in [3.05, 3.63) is 40.5 Å². The third-order valence-corrected chi connectivity index (χ3v) is 4.50. The second kappa shape index (κ2) is 6.20. The van der Waals surface area contributed by atoms with Gasteiger partial charge >= 0.3 is 5.97 Å². The molecule has 1 aromatic carbocycles. The van der Waals surface area contributed by atoms with Crippen LogP contribution in [0.15, 0.2) is 34.9 Å². The predicted octanol–water partition coefficient (Wildman–Crippen LogP) is 3.09. The summed E-state index contributed by atoms with van der Waals surface area (Å²) in [6.45, 7) is 0. The molecule has 0 radical (unpaired) electrons. The highest BCUT2D eigenvalue weighted by Crippen LogP contribution is 2.36. The molecular formula is C16H19BrN2O2. The van der Waals surface area contributed by atoms with Crippen molar-refractivity contribution in [1.82, 2.24) is 10.4 Å². The van der Waals surface area contributed by atoms with E-state index in [1.54, 1.807) is 6.20 Å². The van der Waals surface area contributed by atoms with Crippen molar-refractivity contribution in [2.75, 3.05) is 7.11 Å². The molecule has 3 rings (SSSR count). The number of ether oxygens (including phenoxy) is 1. The quantitative estimate of drug-likeness (QED) is 0.486. The van der Waals surface area contributed by atoms with Gasteiger partial charge in [0, 0.05) is 28.3 Å². The number of rotatable bonds is 6. The lowest BCUT2D eigenvalue weighted by Crippen LogP contribution is -2.38. The number of nitrogens with zero attached hydrogens (tertiary/aromatic N) is 1.